The Morgan fingerprint density at radius 2 is 1.09 bits per heavy atom. The number of aliphatic imine (C=N–C) groups is 1. The molecule has 0 amide bonds. The Labute approximate surface area is 276 Å². The molecular formula is C44H35N3. The smallest absolute Gasteiger partial charge is 0.160 e. The van der Waals surface area contributed by atoms with Gasteiger partial charge in [-0.25, -0.2) is 9.97 Å². The van der Waals surface area contributed by atoms with E-state index in [1.165, 1.54) is 27.5 Å². The van der Waals surface area contributed by atoms with E-state index in [1.54, 1.807) is 0 Å². The lowest BCUT2D eigenvalue weighted by Gasteiger charge is -2.12. The molecule has 0 unspecified atom stereocenters. The van der Waals surface area contributed by atoms with Crippen molar-refractivity contribution in [2.75, 3.05) is 6.54 Å². The van der Waals surface area contributed by atoms with Gasteiger partial charge in [0.05, 0.1) is 11.4 Å². The topological polar surface area (TPSA) is 38.1 Å². The van der Waals surface area contributed by atoms with Crippen molar-refractivity contribution in [3.8, 4) is 56.2 Å². The summed E-state index contributed by atoms with van der Waals surface area (Å²) in [5.74, 6) is 0.693. The number of hydrogen-bond acceptors (Lipinski definition) is 3. The molecule has 0 spiro atoms. The van der Waals surface area contributed by atoms with Crippen LogP contribution in [-0.4, -0.2) is 22.7 Å². The molecule has 0 aliphatic heterocycles. The molecule has 226 valence electrons. The highest BCUT2D eigenvalue weighted by atomic mass is 14.9. The monoisotopic (exact) mass is 605 g/mol. The van der Waals surface area contributed by atoms with Crippen molar-refractivity contribution in [1.29, 1.82) is 0 Å². The van der Waals surface area contributed by atoms with Gasteiger partial charge in [-0.15, -0.1) is 0 Å². The van der Waals surface area contributed by atoms with Gasteiger partial charge in [-0.3, -0.25) is 4.99 Å². The van der Waals surface area contributed by atoms with Crippen molar-refractivity contribution in [2.24, 2.45) is 4.99 Å². The van der Waals surface area contributed by atoms with Crippen LogP contribution in [0.4, 0.5) is 0 Å². The zero-order valence-corrected chi connectivity index (χ0v) is 26.6. The van der Waals surface area contributed by atoms with Crippen molar-refractivity contribution < 1.29 is 0 Å². The maximum Gasteiger partial charge on any atom is 0.160 e. The van der Waals surface area contributed by atoms with E-state index in [9.17, 15) is 0 Å². The zero-order valence-electron chi connectivity index (χ0n) is 26.6. The SMILES string of the molecule is C/C=C(\C=NCC)c1cccc(-c2cc(-c3ccc(-c4ccccc4)cc3)nc(-c3ccc(-c4ccc5ccccc5c4)cc3)n2)c1. The Morgan fingerprint density at radius 1 is 0.511 bits per heavy atom. The van der Waals surface area contributed by atoms with E-state index in [1.807, 2.05) is 26.1 Å². The molecule has 1 heterocycles. The van der Waals surface area contributed by atoms with Crippen LogP contribution in [0.5, 0.6) is 0 Å². The molecule has 47 heavy (non-hydrogen) atoms. The van der Waals surface area contributed by atoms with E-state index in [-0.39, 0.29) is 0 Å². The van der Waals surface area contributed by atoms with Gasteiger partial charge in [-0.05, 0) is 76.2 Å². The third-order valence-corrected chi connectivity index (χ3v) is 8.46. The van der Waals surface area contributed by atoms with E-state index >= 15 is 0 Å². The van der Waals surface area contributed by atoms with Gasteiger partial charge in [0, 0.05) is 29.4 Å². The summed E-state index contributed by atoms with van der Waals surface area (Å²) in [5, 5.41) is 2.47. The Balaban J connectivity index is 1.30. The van der Waals surface area contributed by atoms with Crippen LogP contribution in [0.2, 0.25) is 0 Å². The average Bonchev–Trinajstić information content (AvgIpc) is 3.15. The van der Waals surface area contributed by atoms with Crippen molar-refractivity contribution >= 4 is 22.6 Å². The van der Waals surface area contributed by atoms with Gasteiger partial charge in [0.25, 0.3) is 0 Å². The molecule has 7 rings (SSSR count). The van der Waals surface area contributed by atoms with Crippen LogP contribution in [0.15, 0.2) is 163 Å². The minimum atomic E-state index is 0.693. The third kappa shape index (κ3) is 6.56. The molecule has 6 aromatic carbocycles. The highest BCUT2D eigenvalue weighted by Gasteiger charge is 2.13. The summed E-state index contributed by atoms with van der Waals surface area (Å²) in [7, 11) is 0. The van der Waals surface area contributed by atoms with E-state index in [0.717, 1.165) is 51.3 Å². The van der Waals surface area contributed by atoms with Crippen LogP contribution < -0.4 is 0 Å². The van der Waals surface area contributed by atoms with Gasteiger partial charge in [0.2, 0.25) is 0 Å². The molecule has 3 nitrogen and oxygen atoms in total. The average molecular weight is 606 g/mol. The second kappa shape index (κ2) is 13.6. The summed E-state index contributed by atoms with van der Waals surface area (Å²) < 4.78 is 0. The van der Waals surface area contributed by atoms with E-state index < -0.39 is 0 Å². The highest BCUT2D eigenvalue weighted by Crippen LogP contribution is 2.32. The first kappa shape index (κ1) is 29.8. The van der Waals surface area contributed by atoms with Gasteiger partial charge >= 0.3 is 0 Å². The fourth-order valence-corrected chi connectivity index (χ4v) is 5.88. The maximum absolute atomic E-state index is 5.13. The summed E-state index contributed by atoms with van der Waals surface area (Å²) >= 11 is 0. The van der Waals surface area contributed by atoms with Crippen LogP contribution in [0.3, 0.4) is 0 Å². The number of aromatic nitrogens is 2. The fraction of sp³-hybridized carbons (Fsp3) is 0.0682. The van der Waals surface area contributed by atoms with Gasteiger partial charge in [-0.2, -0.15) is 0 Å². The van der Waals surface area contributed by atoms with Crippen LogP contribution in [0.25, 0.3) is 72.5 Å². The third-order valence-electron chi connectivity index (χ3n) is 8.46. The first-order chi connectivity index (χ1) is 23.2. The molecule has 3 heteroatoms. The lowest BCUT2D eigenvalue weighted by Crippen LogP contribution is -1.97. The summed E-state index contributed by atoms with van der Waals surface area (Å²) in [6.45, 7) is 4.84. The van der Waals surface area contributed by atoms with Crippen LogP contribution in [-0.2, 0) is 0 Å². The lowest BCUT2D eigenvalue weighted by atomic mass is 9.99. The fourth-order valence-electron chi connectivity index (χ4n) is 5.88. The molecule has 0 saturated heterocycles. The van der Waals surface area contributed by atoms with Crippen LogP contribution in [0, 0.1) is 0 Å². The highest BCUT2D eigenvalue weighted by molar-refractivity contribution is 6.10. The van der Waals surface area contributed by atoms with Crippen LogP contribution in [0.1, 0.15) is 19.4 Å². The summed E-state index contributed by atoms with van der Waals surface area (Å²) in [6, 6.07) is 53.3. The molecule has 0 fully saturated rings. The first-order valence-electron chi connectivity index (χ1n) is 16.1. The van der Waals surface area contributed by atoms with Crippen molar-refractivity contribution in [3.05, 3.63) is 163 Å². The number of benzene rings is 6. The quantitative estimate of drug-likeness (QED) is 0.162. The summed E-state index contributed by atoms with van der Waals surface area (Å²) in [4.78, 5) is 14.7. The second-order valence-corrected chi connectivity index (χ2v) is 11.5. The molecule has 0 bridgehead atoms. The number of hydrogen-bond donors (Lipinski definition) is 0. The number of fused-ring (bicyclic) bond motifs is 1. The standard InChI is InChI=1S/C44H35N3/c1-3-31(30-45-4-2)38-15-10-16-41(28-38)43-29-42(36-22-17-34(18-23-36)32-11-6-5-7-12-32)46-44(47-43)37-24-19-35(20-25-37)40-26-21-33-13-8-9-14-39(33)27-40/h3,5-30H,4H2,1-2H3/b31-3+,45-30?. The minimum absolute atomic E-state index is 0.693. The Hall–Kier alpha value is -5.93. The van der Waals surface area contributed by atoms with Gasteiger partial charge in [0.1, 0.15) is 0 Å². The van der Waals surface area contributed by atoms with Gasteiger partial charge in [0.15, 0.2) is 5.82 Å². The molecule has 7 aromatic rings. The van der Waals surface area contributed by atoms with Crippen molar-refractivity contribution in [1.82, 2.24) is 9.97 Å². The van der Waals surface area contributed by atoms with Gasteiger partial charge in [-0.1, -0.05) is 140 Å². The van der Waals surface area contributed by atoms with Gasteiger partial charge < -0.3 is 0 Å². The number of rotatable bonds is 8. The Kier molecular flexibility index (Phi) is 8.61. The first-order valence-corrected chi connectivity index (χ1v) is 16.1. The van der Waals surface area contributed by atoms with E-state index in [2.05, 4.69) is 157 Å². The molecule has 0 saturated carbocycles. The summed E-state index contributed by atoms with van der Waals surface area (Å²) in [5.41, 5.74) is 11.7. The van der Waals surface area contributed by atoms with Crippen molar-refractivity contribution in [3.63, 3.8) is 0 Å². The Bertz CT molecular complexity index is 2210. The predicted molar refractivity (Wildman–Crippen MR) is 199 cm³/mol. The van der Waals surface area contributed by atoms with E-state index in [4.69, 9.17) is 9.97 Å². The lowest BCUT2D eigenvalue weighted by molar-refractivity contribution is 1.14. The van der Waals surface area contributed by atoms with E-state index in [0.29, 0.717) is 5.82 Å². The number of nitrogens with zero attached hydrogens (tertiary/aromatic N) is 3. The molecule has 0 N–H and O–H groups in total. The molecule has 1 aromatic heterocycles. The Morgan fingerprint density at radius 3 is 1.81 bits per heavy atom. The summed E-state index contributed by atoms with van der Waals surface area (Å²) in [6.07, 6.45) is 4.04. The predicted octanol–water partition coefficient (Wildman–Crippen LogP) is 11.5. The molecular weight excluding hydrogens is 571 g/mol. The second-order valence-electron chi connectivity index (χ2n) is 11.5. The molecule has 0 atom stereocenters. The van der Waals surface area contributed by atoms with Crippen molar-refractivity contribution in [2.45, 2.75) is 13.8 Å². The minimum Gasteiger partial charge on any atom is -0.293 e. The van der Waals surface area contributed by atoms with Crippen LogP contribution >= 0.6 is 0 Å². The largest absolute Gasteiger partial charge is 0.293 e. The molecule has 0 radical (unpaired) electrons. The maximum atomic E-state index is 5.13. The zero-order chi connectivity index (χ0) is 32.0. The normalized spacial score (nSPS) is 11.7. The molecule has 0 aliphatic carbocycles. The number of allylic oxidation sites excluding steroid dienone is 2. The molecule has 0 aliphatic rings.